The van der Waals surface area contributed by atoms with Gasteiger partial charge in [-0.05, 0) is 49.2 Å². The molecule has 0 unspecified atom stereocenters. The van der Waals surface area contributed by atoms with Crippen molar-refractivity contribution in [3.63, 3.8) is 0 Å². The highest BCUT2D eigenvalue weighted by molar-refractivity contribution is 5.68. The third kappa shape index (κ3) is 3.04. The molecule has 2 rings (SSSR count). The molecule has 0 aliphatic carbocycles. The molecule has 0 radical (unpaired) electrons. The molecular formula is C16H20N2. The van der Waals surface area contributed by atoms with Gasteiger partial charge in [0.25, 0.3) is 0 Å². The molecule has 0 heterocycles. The summed E-state index contributed by atoms with van der Waals surface area (Å²) in [5.74, 6) is 0. The SMILES string of the molecule is CCNc1ccc(-c2ccc(NCC)cc2)cc1. The van der Waals surface area contributed by atoms with Crippen LogP contribution in [0.4, 0.5) is 11.4 Å². The Balaban J connectivity index is 2.15. The van der Waals surface area contributed by atoms with Gasteiger partial charge in [0.15, 0.2) is 0 Å². The maximum atomic E-state index is 3.30. The average Bonchev–Trinajstić information content (AvgIpc) is 2.41. The zero-order valence-electron chi connectivity index (χ0n) is 11.0. The lowest BCUT2D eigenvalue weighted by Crippen LogP contribution is -1.96. The number of anilines is 2. The molecule has 2 N–H and O–H groups in total. The van der Waals surface area contributed by atoms with Crippen molar-refractivity contribution >= 4 is 11.4 Å². The van der Waals surface area contributed by atoms with Gasteiger partial charge in [0.2, 0.25) is 0 Å². The van der Waals surface area contributed by atoms with Gasteiger partial charge in [-0.15, -0.1) is 0 Å². The van der Waals surface area contributed by atoms with Gasteiger partial charge in [-0.1, -0.05) is 24.3 Å². The molecule has 0 atom stereocenters. The van der Waals surface area contributed by atoms with E-state index in [1.165, 1.54) is 22.5 Å². The van der Waals surface area contributed by atoms with Crippen LogP contribution >= 0.6 is 0 Å². The zero-order chi connectivity index (χ0) is 12.8. The third-order valence-corrected chi connectivity index (χ3v) is 2.86. The zero-order valence-corrected chi connectivity index (χ0v) is 11.0. The van der Waals surface area contributed by atoms with E-state index in [4.69, 9.17) is 0 Å². The molecule has 2 aromatic rings. The topological polar surface area (TPSA) is 24.1 Å². The smallest absolute Gasteiger partial charge is 0.0340 e. The summed E-state index contributed by atoms with van der Waals surface area (Å²) in [4.78, 5) is 0. The molecule has 0 amide bonds. The van der Waals surface area contributed by atoms with Crippen LogP contribution < -0.4 is 10.6 Å². The first-order valence-electron chi connectivity index (χ1n) is 6.51. The average molecular weight is 240 g/mol. The summed E-state index contributed by atoms with van der Waals surface area (Å²) in [6, 6.07) is 17.1. The summed E-state index contributed by atoms with van der Waals surface area (Å²) in [7, 11) is 0. The van der Waals surface area contributed by atoms with Crippen molar-refractivity contribution in [2.24, 2.45) is 0 Å². The molecule has 2 nitrogen and oxygen atoms in total. The fraction of sp³-hybridized carbons (Fsp3) is 0.250. The second kappa shape index (κ2) is 6.10. The predicted octanol–water partition coefficient (Wildman–Crippen LogP) is 4.22. The van der Waals surface area contributed by atoms with Gasteiger partial charge in [-0.3, -0.25) is 0 Å². The fourth-order valence-electron chi connectivity index (χ4n) is 1.97. The van der Waals surface area contributed by atoms with Gasteiger partial charge >= 0.3 is 0 Å². The summed E-state index contributed by atoms with van der Waals surface area (Å²) in [5.41, 5.74) is 4.84. The summed E-state index contributed by atoms with van der Waals surface area (Å²) >= 11 is 0. The molecule has 0 aromatic heterocycles. The molecule has 0 bridgehead atoms. The van der Waals surface area contributed by atoms with E-state index in [1.807, 2.05) is 0 Å². The van der Waals surface area contributed by atoms with E-state index in [0.29, 0.717) is 0 Å². The minimum Gasteiger partial charge on any atom is -0.385 e. The number of benzene rings is 2. The van der Waals surface area contributed by atoms with E-state index in [2.05, 4.69) is 73.0 Å². The Kier molecular flexibility index (Phi) is 4.24. The Morgan fingerprint density at radius 2 is 0.944 bits per heavy atom. The van der Waals surface area contributed by atoms with Crippen molar-refractivity contribution in [3.05, 3.63) is 48.5 Å². The monoisotopic (exact) mass is 240 g/mol. The Labute approximate surface area is 109 Å². The Bertz CT molecular complexity index is 424. The van der Waals surface area contributed by atoms with Crippen molar-refractivity contribution in [1.82, 2.24) is 0 Å². The molecule has 18 heavy (non-hydrogen) atoms. The highest BCUT2D eigenvalue weighted by atomic mass is 14.9. The van der Waals surface area contributed by atoms with Crippen LogP contribution in [0.5, 0.6) is 0 Å². The Morgan fingerprint density at radius 1 is 0.611 bits per heavy atom. The van der Waals surface area contributed by atoms with E-state index in [1.54, 1.807) is 0 Å². The van der Waals surface area contributed by atoms with E-state index in [0.717, 1.165) is 13.1 Å². The Morgan fingerprint density at radius 3 is 1.22 bits per heavy atom. The highest BCUT2D eigenvalue weighted by Gasteiger charge is 1.98. The van der Waals surface area contributed by atoms with Crippen molar-refractivity contribution in [3.8, 4) is 11.1 Å². The minimum absolute atomic E-state index is 0.955. The van der Waals surface area contributed by atoms with Crippen molar-refractivity contribution in [1.29, 1.82) is 0 Å². The lowest BCUT2D eigenvalue weighted by atomic mass is 10.1. The van der Waals surface area contributed by atoms with Gasteiger partial charge in [0.05, 0.1) is 0 Å². The van der Waals surface area contributed by atoms with Gasteiger partial charge in [-0.25, -0.2) is 0 Å². The van der Waals surface area contributed by atoms with Crippen LogP contribution in [0.3, 0.4) is 0 Å². The van der Waals surface area contributed by atoms with Crippen LogP contribution in [0.1, 0.15) is 13.8 Å². The maximum absolute atomic E-state index is 3.30. The van der Waals surface area contributed by atoms with Crippen LogP contribution in [0.2, 0.25) is 0 Å². The second-order valence-electron chi connectivity index (χ2n) is 4.22. The largest absolute Gasteiger partial charge is 0.385 e. The van der Waals surface area contributed by atoms with Gasteiger partial charge in [0, 0.05) is 24.5 Å². The summed E-state index contributed by atoms with van der Waals surface area (Å²) in [6.07, 6.45) is 0. The van der Waals surface area contributed by atoms with E-state index < -0.39 is 0 Å². The molecule has 2 aromatic carbocycles. The van der Waals surface area contributed by atoms with Crippen LogP contribution in [0.15, 0.2) is 48.5 Å². The second-order valence-corrected chi connectivity index (χ2v) is 4.22. The van der Waals surface area contributed by atoms with E-state index in [9.17, 15) is 0 Å². The molecule has 0 aliphatic rings. The van der Waals surface area contributed by atoms with E-state index >= 15 is 0 Å². The summed E-state index contributed by atoms with van der Waals surface area (Å²) < 4.78 is 0. The van der Waals surface area contributed by atoms with Crippen molar-refractivity contribution in [2.75, 3.05) is 23.7 Å². The van der Waals surface area contributed by atoms with Crippen LogP contribution in [0, 0.1) is 0 Å². The lowest BCUT2D eigenvalue weighted by Gasteiger charge is -2.07. The first-order chi connectivity index (χ1) is 8.83. The summed E-state index contributed by atoms with van der Waals surface area (Å²) in [6.45, 7) is 6.12. The Hall–Kier alpha value is -1.96. The van der Waals surface area contributed by atoms with Crippen molar-refractivity contribution in [2.45, 2.75) is 13.8 Å². The molecule has 0 fully saturated rings. The first-order valence-corrected chi connectivity index (χ1v) is 6.51. The van der Waals surface area contributed by atoms with E-state index in [-0.39, 0.29) is 0 Å². The number of nitrogens with one attached hydrogen (secondary N) is 2. The van der Waals surface area contributed by atoms with Gasteiger partial charge in [-0.2, -0.15) is 0 Å². The molecule has 0 saturated heterocycles. The van der Waals surface area contributed by atoms with Gasteiger partial charge < -0.3 is 10.6 Å². The maximum Gasteiger partial charge on any atom is 0.0340 e. The normalized spacial score (nSPS) is 10.1. The highest BCUT2D eigenvalue weighted by Crippen LogP contribution is 2.23. The molecule has 2 heteroatoms. The fourth-order valence-corrected chi connectivity index (χ4v) is 1.97. The van der Waals surface area contributed by atoms with Crippen LogP contribution in [-0.2, 0) is 0 Å². The quantitative estimate of drug-likeness (QED) is 0.817. The van der Waals surface area contributed by atoms with Crippen LogP contribution in [-0.4, -0.2) is 13.1 Å². The first kappa shape index (κ1) is 12.5. The molecule has 0 saturated carbocycles. The molecule has 0 spiro atoms. The minimum atomic E-state index is 0.955. The molecular weight excluding hydrogens is 220 g/mol. The third-order valence-electron chi connectivity index (χ3n) is 2.86. The van der Waals surface area contributed by atoms with Gasteiger partial charge in [0.1, 0.15) is 0 Å². The predicted molar refractivity (Wildman–Crippen MR) is 80.2 cm³/mol. The molecule has 94 valence electrons. The standard InChI is InChI=1S/C16H20N2/c1-3-17-15-9-5-13(6-10-15)14-7-11-16(12-8-14)18-4-2/h5-12,17-18H,3-4H2,1-2H3. The molecule has 0 aliphatic heterocycles. The lowest BCUT2D eigenvalue weighted by molar-refractivity contribution is 1.21. The number of hydrogen-bond donors (Lipinski definition) is 2. The van der Waals surface area contributed by atoms with Crippen molar-refractivity contribution < 1.29 is 0 Å². The van der Waals surface area contributed by atoms with Crippen LogP contribution in [0.25, 0.3) is 11.1 Å². The number of hydrogen-bond acceptors (Lipinski definition) is 2. The summed E-state index contributed by atoms with van der Waals surface area (Å²) in [5, 5.41) is 6.60. The number of rotatable bonds is 5.